The van der Waals surface area contributed by atoms with Crippen molar-refractivity contribution in [2.45, 2.75) is 37.8 Å². The van der Waals surface area contributed by atoms with Gasteiger partial charge in [-0.1, -0.05) is 6.42 Å². The quantitative estimate of drug-likeness (QED) is 0.621. The first-order valence-electron chi connectivity index (χ1n) is 5.40. The third kappa shape index (κ3) is 1.01. The highest BCUT2D eigenvalue weighted by Gasteiger charge is 2.39. The fourth-order valence-electron chi connectivity index (χ4n) is 3.01. The third-order valence-corrected chi connectivity index (χ3v) is 3.90. The summed E-state index contributed by atoms with van der Waals surface area (Å²) in [6, 6.07) is 1.87. The van der Waals surface area contributed by atoms with Crippen molar-refractivity contribution in [3.63, 3.8) is 0 Å². The number of hydrogen-bond acceptors (Lipinski definition) is 2. The van der Waals surface area contributed by atoms with Crippen molar-refractivity contribution >= 4 is 0 Å². The molecule has 0 amide bonds. The van der Waals surface area contributed by atoms with Crippen LogP contribution in [0.4, 0.5) is 0 Å². The molecule has 0 spiro atoms. The second-order valence-corrected chi connectivity index (χ2v) is 4.70. The van der Waals surface area contributed by atoms with Gasteiger partial charge in [-0.15, -0.1) is 0 Å². The zero-order valence-corrected chi connectivity index (χ0v) is 7.63. The van der Waals surface area contributed by atoms with Crippen molar-refractivity contribution in [3.8, 4) is 0 Å². The molecule has 2 saturated heterocycles. The summed E-state index contributed by atoms with van der Waals surface area (Å²) in [6.07, 6.45) is 5.90. The molecule has 2 atom stereocenters. The fraction of sp³-hybridized carbons (Fsp3) is 1.00. The molecule has 0 aromatic carbocycles. The Morgan fingerprint density at radius 2 is 2.00 bits per heavy atom. The summed E-state index contributed by atoms with van der Waals surface area (Å²) in [5.41, 5.74) is 0. The maximum absolute atomic E-state index is 3.54. The van der Waals surface area contributed by atoms with Crippen molar-refractivity contribution in [1.82, 2.24) is 10.2 Å². The van der Waals surface area contributed by atoms with Gasteiger partial charge in [0.15, 0.2) is 0 Å². The van der Waals surface area contributed by atoms with E-state index in [1.54, 1.807) is 0 Å². The van der Waals surface area contributed by atoms with Gasteiger partial charge in [0, 0.05) is 25.2 Å². The van der Waals surface area contributed by atoms with E-state index in [4.69, 9.17) is 0 Å². The van der Waals surface area contributed by atoms with Gasteiger partial charge in [-0.2, -0.15) is 0 Å². The molecule has 3 fully saturated rings. The van der Waals surface area contributed by atoms with E-state index in [-0.39, 0.29) is 0 Å². The number of rotatable bonds is 1. The van der Waals surface area contributed by atoms with E-state index < -0.39 is 0 Å². The molecule has 2 nitrogen and oxygen atoms in total. The van der Waals surface area contributed by atoms with Gasteiger partial charge in [-0.25, -0.2) is 0 Å². The van der Waals surface area contributed by atoms with E-state index in [2.05, 4.69) is 10.2 Å². The van der Waals surface area contributed by atoms with E-state index >= 15 is 0 Å². The van der Waals surface area contributed by atoms with Crippen molar-refractivity contribution in [1.29, 1.82) is 0 Å². The van der Waals surface area contributed by atoms with Crippen molar-refractivity contribution in [2.24, 2.45) is 5.92 Å². The van der Waals surface area contributed by atoms with Crippen LogP contribution < -0.4 is 5.32 Å². The Bertz CT molecular complexity index is 177. The van der Waals surface area contributed by atoms with Crippen LogP contribution in [0.15, 0.2) is 0 Å². The summed E-state index contributed by atoms with van der Waals surface area (Å²) in [5, 5.41) is 3.54. The van der Waals surface area contributed by atoms with Crippen LogP contribution in [0.1, 0.15) is 25.7 Å². The standard InChI is InChI=1S/C10H18N2/c1-2-9(3-1)12-7-8-4-10(12)6-11-5-8/h8-11H,1-7H2. The summed E-state index contributed by atoms with van der Waals surface area (Å²) >= 11 is 0. The van der Waals surface area contributed by atoms with Gasteiger partial charge in [0.2, 0.25) is 0 Å². The molecule has 1 aliphatic carbocycles. The third-order valence-electron chi connectivity index (χ3n) is 3.90. The minimum absolute atomic E-state index is 0.897. The molecule has 2 heteroatoms. The van der Waals surface area contributed by atoms with Crippen LogP contribution >= 0.6 is 0 Å². The van der Waals surface area contributed by atoms with E-state index in [9.17, 15) is 0 Å². The molecular formula is C10H18N2. The molecule has 2 heterocycles. The normalized spacial score (nSPS) is 43.0. The number of nitrogens with zero attached hydrogens (tertiary/aromatic N) is 1. The van der Waals surface area contributed by atoms with Crippen molar-refractivity contribution in [2.75, 3.05) is 19.6 Å². The predicted molar refractivity (Wildman–Crippen MR) is 49.1 cm³/mol. The molecule has 0 aromatic rings. The second kappa shape index (κ2) is 2.71. The zero-order valence-electron chi connectivity index (χ0n) is 7.63. The summed E-state index contributed by atoms with van der Waals surface area (Å²) in [7, 11) is 0. The first kappa shape index (κ1) is 7.34. The van der Waals surface area contributed by atoms with Crippen LogP contribution in [-0.2, 0) is 0 Å². The van der Waals surface area contributed by atoms with Crippen LogP contribution in [0, 0.1) is 5.92 Å². The Kier molecular flexibility index (Phi) is 1.66. The van der Waals surface area contributed by atoms with Gasteiger partial charge in [-0.3, -0.25) is 4.90 Å². The lowest BCUT2D eigenvalue weighted by atomic mass is 9.91. The number of hydrogen-bond donors (Lipinski definition) is 1. The van der Waals surface area contributed by atoms with Gasteiger partial charge in [-0.05, 0) is 31.7 Å². The first-order chi connectivity index (χ1) is 5.93. The maximum Gasteiger partial charge on any atom is 0.0227 e. The van der Waals surface area contributed by atoms with Crippen LogP contribution in [0.3, 0.4) is 0 Å². The van der Waals surface area contributed by atoms with Crippen LogP contribution in [-0.4, -0.2) is 36.6 Å². The van der Waals surface area contributed by atoms with Gasteiger partial charge >= 0.3 is 0 Å². The first-order valence-corrected chi connectivity index (χ1v) is 5.40. The summed E-state index contributed by atoms with van der Waals surface area (Å²) < 4.78 is 0. The summed E-state index contributed by atoms with van der Waals surface area (Å²) in [4.78, 5) is 2.79. The minimum Gasteiger partial charge on any atom is -0.315 e. The van der Waals surface area contributed by atoms with Gasteiger partial charge in [0.25, 0.3) is 0 Å². The topological polar surface area (TPSA) is 15.3 Å². The minimum atomic E-state index is 0.897. The van der Waals surface area contributed by atoms with Gasteiger partial charge in [0.1, 0.15) is 0 Å². The van der Waals surface area contributed by atoms with Crippen LogP contribution in [0.5, 0.6) is 0 Å². The Hall–Kier alpha value is -0.0800. The fourth-order valence-corrected chi connectivity index (χ4v) is 3.01. The van der Waals surface area contributed by atoms with Crippen molar-refractivity contribution in [3.05, 3.63) is 0 Å². The number of fused-ring (bicyclic) bond motifs is 2. The lowest BCUT2D eigenvalue weighted by Crippen LogP contribution is -2.46. The molecule has 12 heavy (non-hydrogen) atoms. The molecule has 0 radical (unpaired) electrons. The molecule has 2 bridgehead atoms. The number of piperidine rings is 1. The number of nitrogens with one attached hydrogen (secondary N) is 1. The smallest absolute Gasteiger partial charge is 0.0227 e. The Morgan fingerprint density at radius 3 is 2.67 bits per heavy atom. The van der Waals surface area contributed by atoms with Crippen LogP contribution in [0.2, 0.25) is 0 Å². The zero-order chi connectivity index (χ0) is 7.97. The molecule has 2 unspecified atom stereocenters. The van der Waals surface area contributed by atoms with E-state index in [0.29, 0.717) is 0 Å². The lowest BCUT2D eigenvalue weighted by molar-refractivity contribution is 0.116. The average molecular weight is 166 g/mol. The van der Waals surface area contributed by atoms with Gasteiger partial charge < -0.3 is 5.32 Å². The highest BCUT2D eigenvalue weighted by Crippen LogP contribution is 2.34. The lowest BCUT2D eigenvalue weighted by Gasteiger charge is -2.38. The molecule has 0 aromatic heterocycles. The monoisotopic (exact) mass is 166 g/mol. The van der Waals surface area contributed by atoms with E-state index in [1.807, 2.05) is 0 Å². The molecule has 1 saturated carbocycles. The highest BCUT2D eigenvalue weighted by atomic mass is 15.3. The molecular weight excluding hydrogens is 148 g/mol. The van der Waals surface area contributed by atoms with E-state index in [1.165, 1.54) is 45.3 Å². The number of likely N-dealkylation sites (tertiary alicyclic amines) is 1. The molecule has 3 aliphatic rings. The Balaban J connectivity index is 1.70. The molecule has 3 rings (SSSR count). The Morgan fingerprint density at radius 1 is 1.08 bits per heavy atom. The Labute approximate surface area is 74.3 Å². The SMILES string of the molecule is C1CC(N2CC3CNCC2C3)C1. The molecule has 68 valence electrons. The predicted octanol–water partition coefficient (Wildman–Crippen LogP) is 0.833. The van der Waals surface area contributed by atoms with Gasteiger partial charge in [0.05, 0.1) is 0 Å². The second-order valence-electron chi connectivity index (χ2n) is 4.70. The van der Waals surface area contributed by atoms with Crippen molar-refractivity contribution < 1.29 is 0 Å². The maximum atomic E-state index is 3.54. The van der Waals surface area contributed by atoms with Crippen LogP contribution in [0.25, 0.3) is 0 Å². The summed E-state index contributed by atoms with van der Waals surface area (Å²) in [5.74, 6) is 0.976. The highest BCUT2D eigenvalue weighted by molar-refractivity contribution is 4.96. The molecule has 1 N–H and O–H groups in total. The molecule has 2 aliphatic heterocycles. The summed E-state index contributed by atoms with van der Waals surface area (Å²) in [6.45, 7) is 3.93. The largest absolute Gasteiger partial charge is 0.315 e. The van der Waals surface area contributed by atoms with E-state index in [0.717, 1.165) is 18.0 Å². The average Bonchev–Trinajstić information content (AvgIpc) is 2.25.